The van der Waals surface area contributed by atoms with Crippen LogP contribution in [0.1, 0.15) is 6.42 Å². The number of rotatable bonds is 3. The van der Waals surface area contributed by atoms with Gasteiger partial charge >= 0.3 is 0 Å². The van der Waals surface area contributed by atoms with Crippen LogP contribution in [0.2, 0.25) is 0 Å². The Morgan fingerprint density at radius 1 is 1.80 bits per heavy atom. The van der Waals surface area contributed by atoms with Crippen LogP contribution in [0, 0.1) is 0 Å². The van der Waals surface area contributed by atoms with E-state index >= 15 is 0 Å². The molecule has 0 aromatic carbocycles. The van der Waals surface area contributed by atoms with Crippen molar-refractivity contribution in [3.63, 3.8) is 0 Å². The van der Waals surface area contributed by atoms with Gasteiger partial charge in [0.2, 0.25) is 5.90 Å². The standard InChI is InChI=1S/C10H13ClN2O2/c1-7(6-11)15-10(13-12)8-2-4-9(14)5-3-8/h2-4,9,14H,1,5-6,12H2/b13-10-. The zero-order valence-corrected chi connectivity index (χ0v) is 8.94. The summed E-state index contributed by atoms with van der Waals surface area (Å²) in [5.74, 6) is 5.99. The summed E-state index contributed by atoms with van der Waals surface area (Å²) < 4.78 is 5.22. The number of nitrogens with zero attached hydrogens (tertiary/aromatic N) is 1. The number of halogens is 1. The Bertz CT molecular complexity index is 334. The van der Waals surface area contributed by atoms with Gasteiger partial charge in [-0.05, 0) is 6.42 Å². The molecule has 1 atom stereocenters. The van der Waals surface area contributed by atoms with E-state index in [2.05, 4.69) is 11.7 Å². The van der Waals surface area contributed by atoms with Crippen LogP contribution in [0.15, 0.2) is 41.2 Å². The summed E-state index contributed by atoms with van der Waals surface area (Å²) in [4.78, 5) is 0. The summed E-state index contributed by atoms with van der Waals surface area (Å²) >= 11 is 5.52. The monoisotopic (exact) mass is 228 g/mol. The van der Waals surface area contributed by atoms with Crippen molar-refractivity contribution in [2.75, 3.05) is 5.88 Å². The largest absolute Gasteiger partial charge is 0.441 e. The quantitative estimate of drug-likeness (QED) is 0.191. The van der Waals surface area contributed by atoms with E-state index in [4.69, 9.17) is 22.2 Å². The molecular formula is C10H13ClN2O2. The first-order valence-corrected chi connectivity index (χ1v) is 4.97. The van der Waals surface area contributed by atoms with Crippen LogP contribution in [-0.2, 0) is 4.74 Å². The molecule has 1 unspecified atom stereocenters. The minimum Gasteiger partial charge on any atom is -0.441 e. The minimum absolute atomic E-state index is 0.179. The highest BCUT2D eigenvalue weighted by atomic mass is 35.5. The number of nitrogens with two attached hydrogens (primary N) is 1. The molecule has 0 spiro atoms. The van der Waals surface area contributed by atoms with E-state index in [-0.39, 0.29) is 11.8 Å². The summed E-state index contributed by atoms with van der Waals surface area (Å²) in [5.41, 5.74) is 0.717. The van der Waals surface area contributed by atoms with E-state index in [1.165, 1.54) is 0 Å². The molecule has 0 amide bonds. The van der Waals surface area contributed by atoms with Crippen molar-refractivity contribution in [1.82, 2.24) is 0 Å². The van der Waals surface area contributed by atoms with Gasteiger partial charge in [0.15, 0.2) is 0 Å². The molecule has 82 valence electrons. The molecule has 0 radical (unpaired) electrons. The zero-order chi connectivity index (χ0) is 11.3. The lowest BCUT2D eigenvalue weighted by atomic mass is 10.1. The molecule has 15 heavy (non-hydrogen) atoms. The summed E-state index contributed by atoms with van der Waals surface area (Å²) in [7, 11) is 0. The van der Waals surface area contributed by atoms with E-state index < -0.39 is 6.10 Å². The zero-order valence-electron chi connectivity index (χ0n) is 8.19. The second-order valence-corrected chi connectivity index (χ2v) is 3.30. The lowest BCUT2D eigenvalue weighted by Gasteiger charge is -2.13. The van der Waals surface area contributed by atoms with Gasteiger partial charge in [0, 0.05) is 5.57 Å². The molecule has 3 N–H and O–H groups in total. The van der Waals surface area contributed by atoms with Gasteiger partial charge in [-0.25, -0.2) is 0 Å². The lowest BCUT2D eigenvalue weighted by Crippen LogP contribution is -2.14. The number of hydrogen-bond acceptors (Lipinski definition) is 4. The maximum atomic E-state index is 9.23. The third-order valence-electron chi connectivity index (χ3n) is 1.83. The molecule has 0 saturated carbocycles. The van der Waals surface area contributed by atoms with E-state index in [0.29, 0.717) is 17.8 Å². The highest BCUT2D eigenvalue weighted by molar-refractivity contribution is 6.19. The molecule has 1 aliphatic carbocycles. The smallest absolute Gasteiger partial charge is 0.242 e. The van der Waals surface area contributed by atoms with Gasteiger partial charge in [-0.2, -0.15) is 0 Å². The fourth-order valence-electron chi connectivity index (χ4n) is 1.09. The van der Waals surface area contributed by atoms with E-state index in [1.807, 2.05) is 0 Å². The molecule has 0 aliphatic heterocycles. The number of hydrazone groups is 1. The van der Waals surface area contributed by atoms with Crippen molar-refractivity contribution in [1.29, 1.82) is 0 Å². The van der Waals surface area contributed by atoms with Crippen LogP contribution in [0.3, 0.4) is 0 Å². The second-order valence-electron chi connectivity index (χ2n) is 3.03. The Labute approximate surface area is 93.4 Å². The topological polar surface area (TPSA) is 67.8 Å². The van der Waals surface area contributed by atoms with Crippen molar-refractivity contribution in [3.05, 3.63) is 36.1 Å². The summed E-state index contributed by atoms with van der Waals surface area (Å²) in [5, 5.41) is 12.7. The van der Waals surface area contributed by atoms with Crippen LogP contribution < -0.4 is 5.84 Å². The Morgan fingerprint density at radius 2 is 2.53 bits per heavy atom. The van der Waals surface area contributed by atoms with Crippen molar-refractivity contribution in [3.8, 4) is 0 Å². The molecule has 5 heteroatoms. The fourth-order valence-corrected chi connectivity index (χ4v) is 1.15. The van der Waals surface area contributed by atoms with Gasteiger partial charge in [-0.3, -0.25) is 0 Å². The van der Waals surface area contributed by atoms with Gasteiger partial charge in [-0.1, -0.05) is 24.8 Å². The Kier molecular flexibility index (Phi) is 4.39. The van der Waals surface area contributed by atoms with Crippen LogP contribution in [-0.4, -0.2) is 23.0 Å². The van der Waals surface area contributed by atoms with Gasteiger partial charge in [0.1, 0.15) is 5.76 Å². The van der Waals surface area contributed by atoms with Crippen molar-refractivity contribution in [2.45, 2.75) is 12.5 Å². The fraction of sp³-hybridized carbons (Fsp3) is 0.300. The first kappa shape index (κ1) is 11.8. The number of aliphatic hydroxyl groups is 1. The molecule has 0 aromatic heterocycles. The average Bonchev–Trinajstić information content (AvgIpc) is 2.27. The normalized spacial score (nSPS) is 21.1. The Morgan fingerprint density at radius 3 is 3.00 bits per heavy atom. The molecular weight excluding hydrogens is 216 g/mol. The highest BCUT2D eigenvalue weighted by Gasteiger charge is 2.12. The average molecular weight is 229 g/mol. The molecule has 0 bridgehead atoms. The van der Waals surface area contributed by atoms with Crippen molar-refractivity contribution < 1.29 is 9.84 Å². The lowest BCUT2D eigenvalue weighted by molar-refractivity contribution is 0.225. The third kappa shape index (κ3) is 3.42. The van der Waals surface area contributed by atoms with E-state index in [0.717, 1.165) is 0 Å². The van der Waals surface area contributed by atoms with E-state index in [1.54, 1.807) is 18.2 Å². The Balaban J connectivity index is 2.69. The molecule has 4 nitrogen and oxygen atoms in total. The SMILES string of the molecule is C=C(CCl)O/C(=N\N)C1=CCC(O)C=C1. The maximum Gasteiger partial charge on any atom is 0.242 e. The second kappa shape index (κ2) is 5.58. The van der Waals surface area contributed by atoms with Crippen molar-refractivity contribution >= 4 is 17.5 Å². The summed E-state index contributed by atoms with van der Waals surface area (Å²) in [6, 6.07) is 0. The predicted octanol–water partition coefficient (Wildman–Crippen LogP) is 1.27. The predicted molar refractivity (Wildman–Crippen MR) is 60.4 cm³/mol. The first-order valence-electron chi connectivity index (χ1n) is 4.43. The molecule has 0 fully saturated rings. The van der Waals surface area contributed by atoms with Crippen LogP contribution >= 0.6 is 11.6 Å². The number of aliphatic hydroxyl groups excluding tert-OH is 1. The Hall–Kier alpha value is -1.26. The van der Waals surface area contributed by atoms with Crippen LogP contribution in [0.5, 0.6) is 0 Å². The van der Waals surface area contributed by atoms with Gasteiger partial charge in [0.25, 0.3) is 0 Å². The minimum atomic E-state index is -0.455. The van der Waals surface area contributed by atoms with Crippen LogP contribution in [0.25, 0.3) is 0 Å². The number of ether oxygens (including phenoxy) is 1. The molecule has 0 aromatic rings. The van der Waals surface area contributed by atoms with Gasteiger partial charge in [0.05, 0.1) is 12.0 Å². The highest BCUT2D eigenvalue weighted by Crippen LogP contribution is 2.14. The number of alkyl halides is 1. The van der Waals surface area contributed by atoms with Gasteiger partial charge in [-0.15, -0.1) is 16.7 Å². The molecule has 0 heterocycles. The van der Waals surface area contributed by atoms with E-state index in [9.17, 15) is 5.11 Å². The summed E-state index contributed by atoms with van der Waals surface area (Å²) in [6.45, 7) is 3.58. The first-order chi connectivity index (χ1) is 7.17. The molecule has 0 saturated heterocycles. The number of hydrogen-bond donors (Lipinski definition) is 2. The molecule has 1 rings (SSSR count). The van der Waals surface area contributed by atoms with Crippen LogP contribution in [0.4, 0.5) is 0 Å². The number of allylic oxidation sites excluding steroid dienone is 1. The third-order valence-corrected chi connectivity index (χ3v) is 2.13. The van der Waals surface area contributed by atoms with Gasteiger partial charge < -0.3 is 15.7 Å². The molecule has 1 aliphatic rings. The maximum absolute atomic E-state index is 9.23. The van der Waals surface area contributed by atoms with Crippen molar-refractivity contribution in [2.24, 2.45) is 10.9 Å². The summed E-state index contributed by atoms with van der Waals surface area (Å²) in [6.07, 6.45) is 5.19.